The van der Waals surface area contributed by atoms with Crippen LogP contribution in [0.3, 0.4) is 0 Å². The monoisotopic (exact) mass is 470 g/mol. The maximum atomic E-state index is 11.6. The molecule has 2 bridgehead atoms. The minimum Gasteiger partial charge on any atom is -0.462 e. The van der Waals surface area contributed by atoms with E-state index in [9.17, 15) is 4.79 Å². The molecule has 2 spiro atoms. The molecule has 4 nitrogen and oxygen atoms in total. The topological polar surface area (TPSA) is 44.8 Å². The van der Waals surface area contributed by atoms with Gasteiger partial charge >= 0.3 is 5.97 Å². The van der Waals surface area contributed by atoms with Gasteiger partial charge < -0.3 is 4.74 Å². The quantitative estimate of drug-likeness (QED) is 0.261. The van der Waals surface area contributed by atoms with E-state index in [1.165, 1.54) is 32.6 Å². The molecular weight excluding hydrogens is 424 g/mol. The van der Waals surface area contributed by atoms with Crippen LogP contribution in [0.15, 0.2) is 0 Å². The molecule has 0 aromatic rings. The molecule has 0 unspecified atom stereocenters. The summed E-state index contributed by atoms with van der Waals surface area (Å²) in [6.07, 6.45) is 9.80. The van der Waals surface area contributed by atoms with Crippen molar-refractivity contribution in [2.45, 2.75) is 124 Å². The van der Waals surface area contributed by atoms with Crippen molar-refractivity contribution in [2.24, 2.45) is 46.3 Å². The Bertz CT molecular complexity index is 874. The van der Waals surface area contributed by atoms with Gasteiger partial charge in [0.05, 0.1) is 0 Å². The highest BCUT2D eigenvalue weighted by atomic mass is 17.2. The van der Waals surface area contributed by atoms with Crippen molar-refractivity contribution in [1.29, 1.82) is 0 Å². The molecule has 4 aliphatic carbocycles. The van der Waals surface area contributed by atoms with E-state index < -0.39 is 0 Å². The second-order valence-electron chi connectivity index (χ2n) is 13.5. The molecular formula is C30H46O4. The van der Waals surface area contributed by atoms with E-state index in [0.717, 1.165) is 32.1 Å². The molecule has 4 heteroatoms. The number of hydrogen-bond acceptors (Lipinski definition) is 4. The normalized spacial score (nSPS) is 48.7. The number of carbonyl (C=O) groups excluding carboxylic acids is 1. The number of carbonyl (C=O) groups is 1. The molecule has 0 aromatic carbocycles. The predicted octanol–water partition coefficient (Wildman–Crippen LogP) is 6.72. The van der Waals surface area contributed by atoms with Gasteiger partial charge in [-0.25, -0.2) is 9.78 Å². The summed E-state index contributed by atoms with van der Waals surface area (Å²) in [6.45, 7) is 15.7. The van der Waals surface area contributed by atoms with E-state index in [1.54, 1.807) is 0 Å². The van der Waals surface area contributed by atoms with E-state index >= 15 is 0 Å². The van der Waals surface area contributed by atoms with Gasteiger partial charge in [-0.1, -0.05) is 53.4 Å². The summed E-state index contributed by atoms with van der Waals surface area (Å²) in [5, 5.41) is 0. The molecule has 2 heterocycles. The molecule has 0 N–H and O–H groups in total. The number of esters is 1. The molecule has 6 rings (SSSR count). The van der Waals surface area contributed by atoms with E-state index in [2.05, 4.69) is 53.4 Å². The number of hydrogen-bond donors (Lipinski definition) is 0. The Balaban J connectivity index is 1.40. The van der Waals surface area contributed by atoms with E-state index in [4.69, 9.17) is 14.5 Å². The molecule has 0 aromatic heterocycles. The van der Waals surface area contributed by atoms with Gasteiger partial charge in [0.1, 0.15) is 17.3 Å². The molecule has 0 radical (unpaired) electrons. The smallest absolute Gasteiger partial charge is 0.302 e. The Morgan fingerprint density at radius 2 is 1.68 bits per heavy atom. The molecule has 34 heavy (non-hydrogen) atoms. The average molecular weight is 471 g/mol. The second kappa shape index (κ2) is 8.24. The first-order valence-electron chi connectivity index (χ1n) is 14.0. The Labute approximate surface area is 207 Å². The lowest BCUT2D eigenvalue weighted by atomic mass is 9.40. The van der Waals surface area contributed by atoms with Crippen molar-refractivity contribution in [3.05, 3.63) is 0 Å². The lowest BCUT2D eigenvalue weighted by molar-refractivity contribution is -0.536. The van der Waals surface area contributed by atoms with Crippen LogP contribution in [0, 0.1) is 58.2 Å². The minimum absolute atomic E-state index is 0.0443. The zero-order valence-corrected chi connectivity index (χ0v) is 22.5. The first kappa shape index (κ1) is 24.6. The summed E-state index contributed by atoms with van der Waals surface area (Å²) in [5.74, 6) is 10.3. The third-order valence-electron chi connectivity index (χ3n) is 11.7. The van der Waals surface area contributed by atoms with E-state index in [-0.39, 0.29) is 34.1 Å². The molecule has 6 fully saturated rings. The van der Waals surface area contributed by atoms with Gasteiger partial charge in [0.25, 0.3) is 0 Å². The van der Waals surface area contributed by atoms with Gasteiger partial charge in [-0.2, -0.15) is 0 Å². The van der Waals surface area contributed by atoms with Crippen LogP contribution in [0.25, 0.3) is 0 Å². The van der Waals surface area contributed by atoms with Crippen molar-refractivity contribution in [3.8, 4) is 11.8 Å². The zero-order valence-electron chi connectivity index (χ0n) is 22.5. The highest BCUT2D eigenvalue weighted by Crippen LogP contribution is 2.74. The predicted molar refractivity (Wildman–Crippen MR) is 132 cm³/mol. The second-order valence-corrected chi connectivity index (χ2v) is 13.5. The summed E-state index contributed by atoms with van der Waals surface area (Å²) in [5.41, 5.74) is -0.116. The zero-order chi connectivity index (χ0) is 24.5. The Morgan fingerprint density at radius 3 is 2.32 bits per heavy atom. The van der Waals surface area contributed by atoms with Crippen LogP contribution in [0.4, 0.5) is 0 Å². The fourth-order valence-electron chi connectivity index (χ4n) is 9.42. The fraction of sp³-hybridized carbons (Fsp3) is 0.900. The minimum atomic E-state index is -0.310. The molecule has 4 saturated carbocycles. The highest BCUT2D eigenvalue weighted by molar-refractivity contribution is 5.66. The molecule has 10 atom stereocenters. The fourth-order valence-corrected chi connectivity index (χ4v) is 9.42. The van der Waals surface area contributed by atoms with Gasteiger partial charge in [-0.3, -0.25) is 4.79 Å². The summed E-state index contributed by atoms with van der Waals surface area (Å²) in [4.78, 5) is 24.7. The Kier molecular flexibility index (Phi) is 5.97. The largest absolute Gasteiger partial charge is 0.462 e. The average Bonchev–Trinajstić information content (AvgIpc) is 3.14. The van der Waals surface area contributed by atoms with Crippen LogP contribution in [-0.4, -0.2) is 23.3 Å². The maximum Gasteiger partial charge on any atom is 0.302 e. The lowest BCUT2D eigenvalue weighted by Crippen LogP contribution is -2.75. The number of fused-ring (bicyclic) bond motifs is 3. The van der Waals surface area contributed by atoms with Crippen molar-refractivity contribution >= 4 is 5.97 Å². The highest BCUT2D eigenvalue weighted by Gasteiger charge is 2.76. The molecule has 2 aliphatic heterocycles. The van der Waals surface area contributed by atoms with Crippen molar-refractivity contribution in [2.75, 3.05) is 0 Å². The van der Waals surface area contributed by atoms with Crippen LogP contribution in [0.1, 0.15) is 106 Å². The molecule has 190 valence electrons. The molecule has 0 amide bonds. The Hall–Kier alpha value is -1.05. The van der Waals surface area contributed by atoms with E-state index in [0.29, 0.717) is 35.5 Å². The lowest BCUT2D eigenvalue weighted by Gasteiger charge is -2.72. The van der Waals surface area contributed by atoms with Crippen molar-refractivity contribution in [1.82, 2.24) is 0 Å². The number of rotatable bonds is 3. The van der Waals surface area contributed by atoms with Crippen LogP contribution >= 0.6 is 0 Å². The summed E-state index contributed by atoms with van der Waals surface area (Å²) in [7, 11) is 0. The van der Waals surface area contributed by atoms with Gasteiger partial charge in [-0.15, -0.1) is 0 Å². The third-order valence-corrected chi connectivity index (χ3v) is 11.7. The SMILES string of the molecule is CC(=O)O[C@@H]1CC[C@]2(C)[C@@H]3CC[C@]4(C)[C@@H]([C@H](C)C#C[C@H](C)C(C)C)CC[C@@H]4[C@@]34CC[C@]2(C1)OO4. The maximum absolute atomic E-state index is 11.6. The van der Waals surface area contributed by atoms with Crippen LogP contribution in [-0.2, 0) is 19.3 Å². The first-order valence-corrected chi connectivity index (χ1v) is 14.0. The van der Waals surface area contributed by atoms with Crippen molar-refractivity contribution < 1.29 is 19.3 Å². The van der Waals surface area contributed by atoms with Crippen LogP contribution in [0.2, 0.25) is 0 Å². The summed E-state index contributed by atoms with van der Waals surface area (Å²) >= 11 is 0. The summed E-state index contributed by atoms with van der Waals surface area (Å²) in [6, 6.07) is 0. The summed E-state index contributed by atoms with van der Waals surface area (Å²) < 4.78 is 5.66. The van der Waals surface area contributed by atoms with Gasteiger partial charge in [-0.05, 0) is 80.5 Å². The Morgan fingerprint density at radius 1 is 0.912 bits per heavy atom. The third kappa shape index (κ3) is 3.36. The van der Waals surface area contributed by atoms with Crippen molar-refractivity contribution in [3.63, 3.8) is 0 Å². The number of ether oxygens (including phenoxy) is 1. The van der Waals surface area contributed by atoms with Gasteiger partial charge in [0.2, 0.25) is 0 Å². The van der Waals surface area contributed by atoms with E-state index in [1.807, 2.05) is 0 Å². The standard InChI is InChI=1S/C30H46O4/c1-19(2)20(3)8-9-21(4)24-10-11-25-27(24,6)14-13-26-28(7)15-12-23(32-22(5)31)18-29(28)16-17-30(25,26)34-33-29/h19-21,23-26H,10-18H2,1-7H3/t20-,21+,23+,24+,25-,26-,27+,28+,29+,30-/m0/s1. The molecule has 2 saturated heterocycles. The van der Waals surface area contributed by atoms with Crippen LogP contribution in [0.5, 0.6) is 0 Å². The first-order chi connectivity index (χ1) is 16.0. The van der Waals surface area contributed by atoms with Gasteiger partial charge in [0.15, 0.2) is 0 Å². The molecule has 6 aliphatic rings. The van der Waals surface area contributed by atoms with Gasteiger partial charge in [0, 0.05) is 30.6 Å². The van der Waals surface area contributed by atoms with Crippen LogP contribution < -0.4 is 0 Å².